The van der Waals surface area contributed by atoms with E-state index in [1.807, 2.05) is 24.3 Å². The first-order valence-corrected chi connectivity index (χ1v) is 8.23. The number of benzene rings is 1. The smallest absolute Gasteiger partial charge is 0.224 e. The normalized spacial score (nSPS) is 18.2. The third kappa shape index (κ3) is 5.57. The Hall–Kier alpha value is -2.06. The lowest BCUT2D eigenvalue weighted by Crippen LogP contribution is -2.43. The van der Waals surface area contributed by atoms with Gasteiger partial charge in [0.2, 0.25) is 5.91 Å². The minimum atomic E-state index is 0.0540. The third-order valence-electron chi connectivity index (χ3n) is 4.29. The van der Waals surface area contributed by atoms with Crippen LogP contribution in [0.5, 0.6) is 5.75 Å². The average Bonchev–Trinajstić information content (AvgIpc) is 2.60. The lowest BCUT2D eigenvalue weighted by atomic mass is 9.97. The summed E-state index contributed by atoms with van der Waals surface area (Å²) in [5.74, 6) is 1.04. The number of amides is 1. The molecule has 0 aliphatic carbocycles. The number of piperidine rings is 1. The number of methoxy groups -OCH3 is 1. The van der Waals surface area contributed by atoms with Gasteiger partial charge in [0.25, 0.3) is 0 Å². The van der Waals surface area contributed by atoms with Crippen LogP contribution in [0.4, 0.5) is 0 Å². The zero-order valence-electron chi connectivity index (χ0n) is 13.8. The van der Waals surface area contributed by atoms with E-state index >= 15 is 0 Å². The summed E-state index contributed by atoms with van der Waals surface area (Å²) in [6.07, 6.45) is 3.33. The minimum Gasteiger partial charge on any atom is -0.497 e. The van der Waals surface area contributed by atoms with Crippen molar-refractivity contribution in [2.75, 3.05) is 33.3 Å². The number of ether oxygens (including phenoxy) is 1. The Morgan fingerprint density at radius 3 is 2.91 bits per heavy atom. The second-order valence-electron chi connectivity index (χ2n) is 5.94. The van der Waals surface area contributed by atoms with Gasteiger partial charge >= 0.3 is 0 Å². The molecular weight excluding hydrogens is 290 g/mol. The number of nitriles is 1. The highest BCUT2D eigenvalue weighted by molar-refractivity contribution is 5.78. The van der Waals surface area contributed by atoms with Crippen LogP contribution in [0.15, 0.2) is 24.3 Å². The third-order valence-corrected chi connectivity index (χ3v) is 4.29. The zero-order valence-corrected chi connectivity index (χ0v) is 13.8. The zero-order chi connectivity index (χ0) is 16.5. The fourth-order valence-corrected chi connectivity index (χ4v) is 2.95. The van der Waals surface area contributed by atoms with Gasteiger partial charge in [-0.15, -0.1) is 0 Å². The minimum absolute atomic E-state index is 0.0540. The Morgan fingerprint density at radius 1 is 1.43 bits per heavy atom. The fourth-order valence-electron chi connectivity index (χ4n) is 2.95. The molecule has 2 rings (SSSR count). The first-order valence-electron chi connectivity index (χ1n) is 8.23. The molecule has 0 bridgehead atoms. The summed E-state index contributed by atoms with van der Waals surface area (Å²) in [5, 5.41) is 11.7. The Bertz CT molecular complexity index is 536. The molecule has 5 nitrogen and oxygen atoms in total. The van der Waals surface area contributed by atoms with Crippen molar-refractivity contribution in [3.63, 3.8) is 0 Å². The van der Waals surface area contributed by atoms with Gasteiger partial charge in [0.1, 0.15) is 5.75 Å². The van der Waals surface area contributed by atoms with Crippen molar-refractivity contribution in [1.29, 1.82) is 5.26 Å². The van der Waals surface area contributed by atoms with Crippen LogP contribution in [-0.4, -0.2) is 44.1 Å². The van der Waals surface area contributed by atoms with Gasteiger partial charge < -0.3 is 15.0 Å². The van der Waals surface area contributed by atoms with Gasteiger partial charge in [-0.3, -0.25) is 4.79 Å². The summed E-state index contributed by atoms with van der Waals surface area (Å²) >= 11 is 0. The monoisotopic (exact) mass is 315 g/mol. The van der Waals surface area contributed by atoms with Crippen molar-refractivity contribution in [2.45, 2.75) is 25.7 Å². The SMILES string of the molecule is COc1ccc(CCNC(=O)C2CCCN(CCC#N)C2)cc1. The Labute approximate surface area is 138 Å². The highest BCUT2D eigenvalue weighted by Crippen LogP contribution is 2.17. The van der Waals surface area contributed by atoms with Crippen LogP contribution in [0.25, 0.3) is 0 Å². The van der Waals surface area contributed by atoms with Gasteiger partial charge in [-0.1, -0.05) is 12.1 Å². The fraction of sp³-hybridized carbons (Fsp3) is 0.556. The summed E-state index contributed by atoms with van der Waals surface area (Å²) in [5.41, 5.74) is 1.19. The van der Waals surface area contributed by atoms with Gasteiger partial charge in [-0.2, -0.15) is 5.26 Å². The van der Waals surface area contributed by atoms with Crippen LogP contribution in [0.2, 0.25) is 0 Å². The van der Waals surface area contributed by atoms with Crippen LogP contribution in [-0.2, 0) is 11.2 Å². The maximum Gasteiger partial charge on any atom is 0.224 e. The molecule has 0 aromatic heterocycles. The summed E-state index contributed by atoms with van der Waals surface area (Å²) in [4.78, 5) is 14.5. The molecule has 1 aliphatic heterocycles. The summed E-state index contributed by atoms with van der Waals surface area (Å²) in [6, 6.07) is 10.1. The van der Waals surface area contributed by atoms with Crippen molar-refractivity contribution in [1.82, 2.24) is 10.2 Å². The molecule has 1 unspecified atom stereocenters. The van der Waals surface area contributed by atoms with Crippen molar-refractivity contribution in [3.8, 4) is 11.8 Å². The first-order chi connectivity index (χ1) is 11.2. The number of carbonyl (C=O) groups is 1. The number of likely N-dealkylation sites (tertiary alicyclic amines) is 1. The van der Waals surface area contributed by atoms with Crippen molar-refractivity contribution in [3.05, 3.63) is 29.8 Å². The topological polar surface area (TPSA) is 65.4 Å². The van der Waals surface area contributed by atoms with Gasteiger partial charge in [-0.25, -0.2) is 0 Å². The van der Waals surface area contributed by atoms with E-state index in [2.05, 4.69) is 16.3 Å². The van der Waals surface area contributed by atoms with Crippen molar-refractivity contribution in [2.24, 2.45) is 5.92 Å². The molecule has 1 N–H and O–H groups in total. The summed E-state index contributed by atoms with van der Waals surface area (Å²) < 4.78 is 5.13. The molecule has 124 valence electrons. The summed E-state index contributed by atoms with van der Waals surface area (Å²) in [6.45, 7) is 3.19. The van der Waals surface area contributed by atoms with Crippen LogP contribution >= 0.6 is 0 Å². The number of nitrogens with one attached hydrogen (secondary N) is 1. The number of carbonyl (C=O) groups excluding carboxylic acids is 1. The average molecular weight is 315 g/mol. The lowest BCUT2D eigenvalue weighted by Gasteiger charge is -2.31. The van der Waals surface area contributed by atoms with Gasteiger partial charge in [0, 0.05) is 26.1 Å². The molecule has 0 spiro atoms. The molecule has 0 saturated carbocycles. The molecule has 1 fully saturated rings. The molecular formula is C18H25N3O2. The van der Waals surface area contributed by atoms with E-state index in [1.54, 1.807) is 7.11 Å². The molecule has 1 aromatic carbocycles. The van der Waals surface area contributed by atoms with Gasteiger partial charge in [0.15, 0.2) is 0 Å². The molecule has 23 heavy (non-hydrogen) atoms. The molecule has 1 amide bonds. The van der Waals surface area contributed by atoms with E-state index in [4.69, 9.17) is 10.00 Å². The van der Waals surface area contributed by atoms with Crippen molar-refractivity contribution >= 4 is 5.91 Å². The highest BCUT2D eigenvalue weighted by Gasteiger charge is 2.25. The maximum atomic E-state index is 12.3. The quantitative estimate of drug-likeness (QED) is 0.835. The molecule has 1 aromatic rings. The first kappa shape index (κ1) is 17.3. The highest BCUT2D eigenvalue weighted by atomic mass is 16.5. The van der Waals surface area contributed by atoms with E-state index in [0.29, 0.717) is 13.0 Å². The van der Waals surface area contributed by atoms with E-state index < -0.39 is 0 Å². The second kappa shape index (κ2) is 9.16. The lowest BCUT2D eigenvalue weighted by molar-refractivity contribution is -0.126. The Balaban J connectivity index is 1.72. The molecule has 1 atom stereocenters. The van der Waals surface area contributed by atoms with Crippen LogP contribution in [0, 0.1) is 17.2 Å². The Morgan fingerprint density at radius 2 is 2.22 bits per heavy atom. The van der Waals surface area contributed by atoms with Crippen LogP contribution in [0.3, 0.4) is 0 Å². The summed E-state index contributed by atoms with van der Waals surface area (Å²) in [7, 11) is 1.65. The van der Waals surface area contributed by atoms with Gasteiger partial charge in [-0.05, 0) is 43.5 Å². The standard InChI is InChI=1S/C18H25N3O2/c1-23-17-7-5-15(6-8-17)9-11-20-18(22)16-4-2-12-21(14-16)13-3-10-19/h5-8,16H,2-4,9,11-14H2,1H3,(H,20,22). The molecule has 1 heterocycles. The van der Waals surface area contributed by atoms with E-state index in [9.17, 15) is 4.79 Å². The Kier molecular flexibility index (Phi) is 6.89. The van der Waals surface area contributed by atoms with E-state index in [0.717, 1.165) is 44.6 Å². The number of rotatable bonds is 7. The number of nitrogens with zero attached hydrogens (tertiary/aromatic N) is 2. The molecule has 1 aliphatic rings. The van der Waals surface area contributed by atoms with Crippen LogP contribution in [0.1, 0.15) is 24.8 Å². The molecule has 0 radical (unpaired) electrons. The number of hydrogen-bond acceptors (Lipinski definition) is 4. The molecule has 1 saturated heterocycles. The second-order valence-corrected chi connectivity index (χ2v) is 5.94. The van der Waals surface area contributed by atoms with Gasteiger partial charge in [0.05, 0.1) is 19.1 Å². The number of hydrogen-bond donors (Lipinski definition) is 1. The van der Waals surface area contributed by atoms with E-state index in [1.165, 1.54) is 5.56 Å². The molecule has 5 heteroatoms. The predicted molar refractivity (Wildman–Crippen MR) is 89.1 cm³/mol. The maximum absolute atomic E-state index is 12.3. The van der Waals surface area contributed by atoms with Crippen molar-refractivity contribution < 1.29 is 9.53 Å². The largest absolute Gasteiger partial charge is 0.497 e. The van der Waals surface area contributed by atoms with Crippen LogP contribution < -0.4 is 10.1 Å². The predicted octanol–water partition coefficient (Wildman–Crippen LogP) is 1.98. The van der Waals surface area contributed by atoms with E-state index in [-0.39, 0.29) is 11.8 Å².